The third-order valence-corrected chi connectivity index (χ3v) is 4.64. The second kappa shape index (κ2) is 7.21. The van der Waals surface area contributed by atoms with E-state index >= 15 is 0 Å². The molecule has 0 aliphatic heterocycles. The largest absolute Gasteiger partial charge is 0.322 e. The molecule has 0 aliphatic carbocycles. The predicted octanol–water partition coefficient (Wildman–Crippen LogP) is 4.01. The number of halogens is 2. The lowest BCUT2D eigenvalue weighted by Gasteiger charge is -2.09. The van der Waals surface area contributed by atoms with Crippen molar-refractivity contribution in [2.45, 2.75) is 6.92 Å². The summed E-state index contributed by atoms with van der Waals surface area (Å²) in [5.74, 6) is -0.453. The van der Waals surface area contributed by atoms with Crippen molar-refractivity contribution in [3.63, 3.8) is 0 Å². The zero-order chi connectivity index (χ0) is 17.0. The Kier molecular flexibility index (Phi) is 5.51. The molecule has 0 radical (unpaired) electrons. The van der Waals surface area contributed by atoms with E-state index < -0.39 is 15.9 Å². The maximum Gasteiger partial charge on any atom is 0.255 e. The first kappa shape index (κ1) is 17.6. The molecule has 0 spiro atoms. The number of nitrogens with one attached hydrogen (secondary N) is 2. The van der Waals surface area contributed by atoms with Gasteiger partial charge < -0.3 is 5.32 Å². The number of sulfonamides is 1. The summed E-state index contributed by atoms with van der Waals surface area (Å²) in [5, 5.41) is 3.46. The third-order valence-electron chi connectivity index (χ3n) is 2.90. The van der Waals surface area contributed by atoms with Crippen LogP contribution < -0.4 is 10.0 Å². The molecular weight excluding hydrogens is 359 g/mol. The highest BCUT2D eigenvalue weighted by atomic mass is 35.5. The smallest absolute Gasteiger partial charge is 0.255 e. The van der Waals surface area contributed by atoms with E-state index in [-0.39, 0.29) is 5.75 Å². The molecule has 0 unspecified atom stereocenters. The molecule has 2 aromatic carbocycles. The number of amides is 1. The summed E-state index contributed by atoms with van der Waals surface area (Å²) in [6.07, 6.45) is 0. The van der Waals surface area contributed by atoms with Crippen LogP contribution in [0.1, 0.15) is 17.3 Å². The van der Waals surface area contributed by atoms with Crippen LogP contribution in [0.15, 0.2) is 42.5 Å². The van der Waals surface area contributed by atoms with E-state index in [1.807, 2.05) is 0 Å². The van der Waals surface area contributed by atoms with Gasteiger partial charge in [0, 0.05) is 27.0 Å². The monoisotopic (exact) mass is 372 g/mol. The normalized spacial score (nSPS) is 11.1. The fourth-order valence-electron chi connectivity index (χ4n) is 1.80. The van der Waals surface area contributed by atoms with Gasteiger partial charge in [-0.1, -0.05) is 29.3 Å². The average molecular weight is 373 g/mol. The minimum atomic E-state index is -3.40. The van der Waals surface area contributed by atoms with Crippen molar-refractivity contribution in [1.82, 2.24) is 0 Å². The molecule has 0 aliphatic rings. The van der Waals surface area contributed by atoms with Crippen LogP contribution in [0.4, 0.5) is 11.4 Å². The fourth-order valence-corrected chi connectivity index (χ4v) is 2.96. The molecule has 0 aromatic heterocycles. The van der Waals surface area contributed by atoms with Gasteiger partial charge in [-0.2, -0.15) is 0 Å². The van der Waals surface area contributed by atoms with Gasteiger partial charge in [0.1, 0.15) is 0 Å². The van der Waals surface area contributed by atoms with Crippen LogP contribution in [0.5, 0.6) is 0 Å². The third kappa shape index (κ3) is 5.13. The van der Waals surface area contributed by atoms with Gasteiger partial charge >= 0.3 is 0 Å². The first-order chi connectivity index (χ1) is 10.8. The number of carbonyl (C=O) groups is 1. The highest BCUT2D eigenvalue weighted by Crippen LogP contribution is 2.23. The Labute approximate surface area is 144 Å². The molecule has 2 aromatic rings. The number of benzene rings is 2. The van der Waals surface area contributed by atoms with Crippen LogP contribution in [-0.4, -0.2) is 20.1 Å². The van der Waals surface area contributed by atoms with Gasteiger partial charge in [0.25, 0.3) is 5.91 Å². The molecule has 0 atom stereocenters. The zero-order valence-corrected chi connectivity index (χ0v) is 14.5. The molecule has 0 bridgehead atoms. The second-order valence-electron chi connectivity index (χ2n) is 4.70. The predicted molar refractivity (Wildman–Crippen MR) is 93.9 cm³/mol. The fraction of sp³-hybridized carbons (Fsp3) is 0.133. The Hall–Kier alpha value is -1.76. The lowest BCUT2D eigenvalue weighted by atomic mass is 10.2. The minimum Gasteiger partial charge on any atom is -0.322 e. The van der Waals surface area contributed by atoms with E-state index in [1.165, 1.54) is 13.0 Å². The van der Waals surface area contributed by atoms with Crippen LogP contribution in [-0.2, 0) is 10.0 Å². The number of rotatable bonds is 5. The van der Waals surface area contributed by atoms with Crippen LogP contribution in [0, 0.1) is 0 Å². The van der Waals surface area contributed by atoms with Crippen molar-refractivity contribution >= 4 is 50.5 Å². The number of carbonyl (C=O) groups excluding carboxylic acids is 1. The number of anilines is 2. The van der Waals surface area contributed by atoms with Crippen molar-refractivity contribution in [3.8, 4) is 0 Å². The maximum absolute atomic E-state index is 12.2. The van der Waals surface area contributed by atoms with Gasteiger partial charge in [-0.15, -0.1) is 0 Å². The topological polar surface area (TPSA) is 75.3 Å². The van der Waals surface area contributed by atoms with Gasteiger partial charge in [0.15, 0.2) is 0 Å². The van der Waals surface area contributed by atoms with Gasteiger partial charge in [0.2, 0.25) is 10.0 Å². The van der Waals surface area contributed by atoms with E-state index in [9.17, 15) is 13.2 Å². The highest BCUT2D eigenvalue weighted by molar-refractivity contribution is 7.92. The summed E-state index contributed by atoms with van der Waals surface area (Å²) < 4.78 is 25.5. The highest BCUT2D eigenvalue weighted by Gasteiger charge is 2.11. The standard InChI is InChI=1S/C15H14Cl2N2O3S/c1-2-23(21,22)19-13-5-3-4-10(6-13)15(20)18-14-8-11(16)7-12(17)9-14/h3-9,19H,2H2,1H3,(H,18,20). The van der Waals surface area contributed by atoms with E-state index in [2.05, 4.69) is 10.0 Å². The first-order valence-electron chi connectivity index (χ1n) is 6.67. The van der Waals surface area contributed by atoms with Crippen LogP contribution in [0.3, 0.4) is 0 Å². The Morgan fingerprint density at radius 2 is 1.70 bits per heavy atom. The van der Waals surface area contributed by atoms with Gasteiger partial charge in [-0.25, -0.2) is 8.42 Å². The van der Waals surface area contributed by atoms with E-state index in [4.69, 9.17) is 23.2 Å². The van der Waals surface area contributed by atoms with E-state index in [0.29, 0.717) is 27.0 Å². The lowest BCUT2D eigenvalue weighted by Crippen LogP contribution is -2.16. The molecule has 0 saturated carbocycles. The second-order valence-corrected chi connectivity index (χ2v) is 7.58. The van der Waals surface area contributed by atoms with Crippen LogP contribution >= 0.6 is 23.2 Å². The number of hydrogen-bond acceptors (Lipinski definition) is 3. The Bertz CT molecular complexity index is 818. The summed E-state index contributed by atoms with van der Waals surface area (Å²) in [5.41, 5.74) is 1.08. The molecule has 0 fully saturated rings. The number of hydrogen-bond donors (Lipinski definition) is 2. The summed E-state index contributed by atoms with van der Waals surface area (Å²) in [6.45, 7) is 1.53. The molecule has 23 heavy (non-hydrogen) atoms. The molecule has 2 N–H and O–H groups in total. The summed E-state index contributed by atoms with van der Waals surface area (Å²) in [7, 11) is -3.40. The van der Waals surface area contributed by atoms with Crippen molar-refractivity contribution in [2.75, 3.05) is 15.8 Å². The maximum atomic E-state index is 12.2. The van der Waals surface area contributed by atoms with Crippen molar-refractivity contribution in [2.24, 2.45) is 0 Å². The zero-order valence-electron chi connectivity index (χ0n) is 12.1. The van der Waals surface area contributed by atoms with E-state index in [1.54, 1.807) is 36.4 Å². The molecule has 1 amide bonds. The van der Waals surface area contributed by atoms with Gasteiger partial charge in [-0.3, -0.25) is 9.52 Å². The first-order valence-corrected chi connectivity index (χ1v) is 9.08. The van der Waals surface area contributed by atoms with Gasteiger partial charge in [-0.05, 0) is 43.3 Å². The lowest BCUT2D eigenvalue weighted by molar-refractivity contribution is 0.102. The Morgan fingerprint density at radius 3 is 2.30 bits per heavy atom. The molecule has 0 saturated heterocycles. The van der Waals surface area contributed by atoms with Gasteiger partial charge in [0.05, 0.1) is 5.75 Å². The summed E-state index contributed by atoms with van der Waals surface area (Å²) in [4.78, 5) is 12.2. The summed E-state index contributed by atoms with van der Waals surface area (Å²) in [6, 6.07) is 10.9. The minimum absolute atomic E-state index is 0.0512. The molecule has 0 heterocycles. The molecule has 122 valence electrons. The molecule has 8 heteroatoms. The quantitative estimate of drug-likeness (QED) is 0.832. The average Bonchev–Trinajstić information content (AvgIpc) is 2.46. The molecule has 5 nitrogen and oxygen atoms in total. The SMILES string of the molecule is CCS(=O)(=O)Nc1cccc(C(=O)Nc2cc(Cl)cc(Cl)c2)c1. The summed E-state index contributed by atoms with van der Waals surface area (Å²) >= 11 is 11.8. The van der Waals surface area contributed by atoms with Crippen LogP contribution in [0.25, 0.3) is 0 Å². The van der Waals surface area contributed by atoms with Crippen LogP contribution in [0.2, 0.25) is 10.0 Å². The van der Waals surface area contributed by atoms with Crippen molar-refractivity contribution in [3.05, 3.63) is 58.1 Å². The Morgan fingerprint density at radius 1 is 1.04 bits per heavy atom. The van der Waals surface area contributed by atoms with E-state index in [0.717, 1.165) is 0 Å². The van der Waals surface area contributed by atoms with Crippen molar-refractivity contribution in [1.29, 1.82) is 0 Å². The molecular formula is C15H14Cl2N2O3S. The molecule has 2 rings (SSSR count). The Balaban J connectivity index is 2.19. The van der Waals surface area contributed by atoms with Crippen molar-refractivity contribution < 1.29 is 13.2 Å².